The minimum Gasteiger partial charge on any atom is -0.376 e. The van der Waals surface area contributed by atoms with Crippen LogP contribution in [0.3, 0.4) is 0 Å². The van der Waals surface area contributed by atoms with E-state index in [4.69, 9.17) is 9.73 Å². The van der Waals surface area contributed by atoms with Gasteiger partial charge in [-0.2, -0.15) is 0 Å². The van der Waals surface area contributed by atoms with Gasteiger partial charge < -0.3 is 9.30 Å². The van der Waals surface area contributed by atoms with Crippen molar-refractivity contribution in [3.63, 3.8) is 0 Å². The molecular weight excluding hydrogens is 473 g/mol. The van der Waals surface area contributed by atoms with Crippen LogP contribution in [-0.2, 0) is 21.3 Å². The van der Waals surface area contributed by atoms with Gasteiger partial charge in [0.15, 0.2) is 4.80 Å². The molecule has 6 nitrogen and oxygen atoms in total. The Morgan fingerprint density at radius 2 is 2.00 bits per heavy atom. The van der Waals surface area contributed by atoms with Crippen LogP contribution in [0.1, 0.15) is 12.8 Å². The summed E-state index contributed by atoms with van der Waals surface area (Å²) in [5.74, 6) is -0.299. The molecule has 0 N–H and O–H groups in total. The van der Waals surface area contributed by atoms with Gasteiger partial charge in [0.05, 0.1) is 28.9 Å². The average Bonchev–Trinajstić information content (AvgIpc) is 3.40. The monoisotopic (exact) mass is 497 g/mol. The third-order valence-electron chi connectivity index (χ3n) is 5.18. The highest BCUT2D eigenvalue weighted by molar-refractivity contribution is 7.89. The molecule has 0 amide bonds. The van der Waals surface area contributed by atoms with E-state index in [1.807, 2.05) is 9.95 Å². The molecule has 0 spiro atoms. The molecule has 0 radical (unpaired) electrons. The van der Waals surface area contributed by atoms with E-state index in [-0.39, 0.29) is 29.2 Å². The van der Waals surface area contributed by atoms with Crippen LogP contribution in [0.25, 0.3) is 11.3 Å². The Kier molecular flexibility index (Phi) is 7.89. The highest BCUT2D eigenvalue weighted by atomic mass is 35.5. The lowest BCUT2D eigenvalue weighted by Gasteiger charge is -2.14. The second kappa shape index (κ2) is 10.3. The fourth-order valence-corrected chi connectivity index (χ4v) is 5.38. The van der Waals surface area contributed by atoms with E-state index >= 15 is 0 Å². The summed E-state index contributed by atoms with van der Waals surface area (Å²) < 4.78 is 48.4. The van der Waals surface area contributed by atoms with E-state index in [1.54, 1.807) is 42.5 Å². The first-order chi connectivity index (χ1) is 14.9. The van der Waals surface area contributed by atoms with Gasteiger partial charge in [-0.05, 0) is 43.2 Å². The van der Waals surface area contributed by atoms with Crippen LogP contribution >= 0.6 is 23.7 Å². The van der Waals surface area contributed by atoms with E-state index in [0.29, 0.717) is 22.6 Å². The first kappa shape index (κ1) is 24.6. The third-order valence-corrected chi connectivity index (χ3v) is 7.85. The SMILES string of the molecule is CN(C)S(=O)(=O)c1cccc(N=c2scc(-c3ccccc3F)n2CC2CCCO2)c1.Cl. The van der Waals surface area contributed by atoms with Gasteiger partial charge in [-0.25, -0.2) is 22.1 Å². The van der Waals surface area contributed by atoms with Crippen molar-refractivity contribution in [3.8, 4) is 11.3 Å². The fraction of sp³-hybridized carbons (Fsp3) is 0.318. The molecule has 32 heavy (non-hydrogen) atoms. The minimum atomic E-state index is -3.56. The van der Waals surface area contributed by atoms with E-state index in [2.05, 4.69) is 0 Å². The molecular formula is C22H25ClFN3O3S2. The van der Waals surface area contributed by atoms with Gasteiger partial charge in [0.25, 0.3) is 0 Å². The average molecular weight is 498 g/mol. The number of nitrogens with zero attached hydrogens (tertiary/aromatic N) is 3. The number of ether oxygens (including phenoxy) is 1. The summed E-state index contributed by atoms with van der Waals surface area (Å²) in [6.07, 6.45) is 1.98. The molecule has 172 valence electrons. The number of aromatic nitrogens is 1. The molecule has 0 bridgehead atoms. The van der Waals surface area contributed by atoms with E-state index in [0.717, 1.165) is 25.1 Å². The van der Waals surface area contributed by atoms with E-state index in [9.17, 15) is 12.8 Å². The zero-order valence-electron chi connectivity index (χ0n) is 17.8. The molecule has 1 fully saturated rings. The predicted molar refractivity (Wildman–Crippen MR) is 126 cm³/mol. The first-order valence-electron chi connectivity index (χ1n) is 9.98. The maximum Gasteiger partial charge on any atom is 0.242 e. The van der Waals surface area contributed by atoms with Crippen molar-refractivity contribution in [2.45, 2.75) is 30.4 Å². The second-order valence-corrected chi connectivity index (χ2v) is 10.5. The molecule has 3 aromatic rings. The Balaban J connectivity index is 0.00000289. The summed E-state index contributed by atoms with van der Waals surface area (Å²) in [6.45, 7) is 1.28. The van der Waals surface area contributed by atoms with Crippen LogP contribution in [0.4, 0.5) is 10.1 Å². The summed E-state index contributed by atoms with van der Waals surface area (Å²) in [5, 5.41) is 1.88. The maximum atomic E-state index is 14.5. The van der Waals surface area contributed by atoms with Crippen LogP contribution in [0.5, 0.6) is 0 Å². The summed E-state index contributed by atoms with van der Waals surface area (Å²) in [4.78, 5) is 5.55. The number of rotatable bonds is 6. The second-order valence-electron chi connectivity index (χ2n) is 7.53. The lowest BCUT2D eigenvalue weighted by Crippen LogP contribution is -2.24. The molecule has 1 saturated heterocycles. The van der Waals surface area contributed by atoms with Crippen molar-refractivity contribution in [3.05, 3.63) is 64.5 Å². The molecule has 0 aliphatic carbocycles. The minimum absolute atomic E-state index is 0. The largest absolute Gasteiger partial charge is 0.376 e. The zero-order valence-corrected chi connectivity index (χ0v) is 20.2. The molecule has 1 unspecified atom stereocenters. The number of hydrogen-bond acceptors (Lipinski definition) is 5. The quantitative estimate of drug-likeness (QED) is 0.505. The predicted octanol–water partition coefficient (Wildman–Crippen LogP) is 4.44. The molecule has 2 heterocycles. The van der Waals surface area contributed by atoms with Crippen molar-refractivity contribution in [2.75, 3.05) is 20.7 Å². The van der Waals surface area contributed by atoms with E-state index in [1.165, 1.54) is 35.8 Å². The van der Waals surface area contributed by atoms with Crippen molar-refractivity contribution in [1.29, 1.82) is 0 Å². The van der Waals surface area contributed by atoms with Crippen molar-refractivity contribution in [1.82, 2.24) is 8.87 Å². The molecule has 1 atom stereocenters. The van der Waals surface area contributed by atoms with Crippen LogP contribution in [-0.4, -0.2) is 44.1 Å². The molecule has 2 aromatic carbocycles. The van der Waals surface area contributed by atoms with Crippen molar-refractivity contribution < 1.29 is 17.5 Å². The number of hydrogen-bond donors (Lipinski definition) is 0. The fourth-order valence-electron chi connectivity index (χ4n) is 3.51. The molecule has 1 aromatic heterocycles. The highest BCUT2D eigenvalue weighted by Gasteiger charge is 2.21. The summed E-state index contributed by atoms with van der Waals surface area (Å²) in [6, 6.07) is 13.2. The number of benzene rings is 2. The molecule has 4 rings (SSSR count). The Bertz CT molecular complexity index is 1250. The first-order valence-corrected chi connectivity index (χ1v) is 12.3. The van der Waals surface area contributed by atoms with Crippen LogP contribution < -0.4 is 4.80 Å². The highest BCUT2D eigenvalue weighted by Crippen LogP contribution is 2.26. The van der Waals surface area contributed by atoms with Gasteiger partial charge in [-0.1, -0.05) is 18.2 Å². The van der Waals surface area contributed by atoms with Gasteiger partial charge in [0.1, 0.15) is 5.82 Å². The number of halogens is 2. The molecule has 1 aliphatic heterocycles. The number of thiazole rings is 1. The van der Waals surface area contributed by atoms with E-state index < -0.39 is 10.0 Å². The Morgan fingerprint density at radius 1 is 1.22 bits per heavy atom. The van der Waals surface area contributed by atoms with Crippen LogP contribution in [0.2, 0.25) is 0 Å². The van der Waals surface area contributed by atoms with Gasteiger partial charge in [-0.15, -0.1) is 23.7 Å². The lowest BCUT2D eigenvalue weighted by molar-refractivity contribution is 0.0967. The topological polar surface area (TPSA) is 63.9 Å². The smallest absolute Gasteiger partial charge is 0.242 e. The van der Waals surface area contributed by atoms with Crippen LogP contribution in [0.15, 0.2) is 63.8 Å². The Labute approximate surface area is 197 Å². The van der Waals surface area contributed by atoms with Crippen molar-refractivity contribution >= 4 is 39.5 Å². The molecule has 0 saturated carbocycles. The maximum absolute atomic E-state index is 14.5. The standard InChI is InChI=1S/C22H24FN3O3S2.ClH/c1-25(2)31(27,28)18-9-5-7-16(13-18)24-22-26(14-17-8-6-12-29-17)21(15-30-22)19-10-3-4-11-20(19)23;/h3-5,7,9-11,13,15,17H,6,8,12,14H2,1-2H3;1H. The number of sulfonamides is 1. The molecule has 1 aliphatic rings. The molecule has 10 heteroatoms. The van der Waals surface area contributed by atoms with Crippen LogP contribution in [0, 0.1) is 5.82 Å². The Hall–Kier alpha value is -2.04. The third kappa shape index (κ3) is 5.13. The lowest BCUT2D eigenvalue weighted by atomic mass is 10.1. The van der Waals surface area contributed by atoms with Gasteiger partial charge in [-0.3, -0.25) is 0 Å². The summed E-state index contributed by atoms with van der Waals surface area (Å²) in [7, 11) is -0.574. The van der Waals surface area contributed by atoms with Gasteiger partial charge in [0, 0.05) is 31.6 Å². The summed E-state index contributed by atoms with van der Waals surface area (Å²) in [5.41, 5.74) is 1.75. The van der Waals surface area contributed by atoms with Gasteiger partial charge >= 0.3 is 0 Å². The summed E-state index contributed by atoms with van der Waals surface area (Å²) >= 11 is 1.39. The zero-order chi connectivity index (χ0) is 22.0. The van der Waals surface area contributed by atoms with Crippen molar-refractivity contribution in [2.24, 2.45) is 4.99 Å². The Morgan fingerprint density at radius 3 is 2.69 bits per heavy atom. The normalized spacial score (nSPS) is 17.0. The van der Waals surface area contributed by atoms with Gasteiger partial charge in [0.2, 0.25) is 10.0 Å².